The number of benzene rings is 3. The molecule has 1 aliphatic carbocycles. The summed E-state index contributed by atoms with van der Waals surface area (Å²) in [6.45, 7) is 4.55. The summed E-state index contributed by atoms with van der Waals surface area (Å²) >= 11 is 3.39. The topological polar surface area (TPSA) is 99.2 Å². The SMILES string of the molecule is CC(C)(CCC(=O)N1CC2CC(c3ccc(CCCOc4cc(F)ccc4Br)cc3)=C(C(=O)N(Cc3ccccc3F)C3CC3)[C@@H](C1)N2)C(=O)O. The number of hydrogen-bond acceptors (Lipinski definition) is 5. The van der Waals surface area contributed by atoms with E-state index in [0.29, 0.717) is 40.9 Å². The molecule has 2 fully saturated rings. The lowest BCUT2D eigenvalue weighted by Crippen LogP contribution is -2.62. The van der Waals surface area contributed by atoms with Crippen molar-refractivity contribution in [3.8, 4) is 5.75 Å². The Morgan fingerprint density at radius 1 is 1.04 bits per heavy atom. The number of carboxylic acid groups (broad SMARTS) is 1. The van der Waals surface area contributed by atoms with Crippen molar-refractivity contribution in [2.24, 2.45) is 5.41 Å². The van der Waals surface area contributed by atoms with E-state index in [9.17, 15) is 28.3 Å². The second-order valence-corrected chi connectivity index (χ2v) is 15.3. The monoisotopic (exact) mass is 763 g/mol. The van der Waals surface area contributed by atoms with Crippen molar-refractivity contribution in [2.45, 2.75) is 83.5 Å². The number of aliphatic carboxylic acids is 1. The Bertz CT molecular complexity index is 1810. The molecule has 1 saturated heterocycles. The van der Waals surface area contributed by atoms with Crippen molar-refractivity contribution in [3.63, 3.8) is 0 Å². The summed E-state index contributed by atoms with van der Waals surface area (Å²) in [5.74, 6) is -1.47. The highest BCUT2D eigenvalue weighted by molar-refractivity contribution is 9.10. The second kappa shape index (κ2) is 15.7. The van der Waals surface area contributed by atoms with E-state index in [1.54, 1.807) is 47.9 Å². The molecule has 2 amide bonds. The van der Waals surface area contributed by atoms with Crippen LogP contribution in [0.4, 0.5) is 8.78 Å². The lowest BCUT2D eigenvalue weighted by Gasteiger charge is -2.45. The predicted octanol–water partition coefficient (Wildman–Crippen LogP) is 7.15. The maximum absolute atomic E-state index is 14.8. The van der Waals surface area contributed by atoms with Crippen molar-refractivity contribution in [1.82, 2.24) is 15.1 Å². The first-order valence-electron chi connectivity index (χ1n) is 17.6. The number of nitrogens with zero attached hydrogens (tertiary/aromatic N) is 2. The van der Waals surface area contributed by atoms with Gasteiger partial charge in [-0.1, -0.05) is 42.5 Å². The van der Waals surface area contributed by atoms with Gasteiger partial charge in [-0.15, -0.1) is 0 Å². The minimum absolute atomic E-state index is 0.0146. The third-order valence-corrected chi connectivity index (χ3v) is 10.8. The zero-order valence-corrected chi connectivity index (χ0v) is 30.6. The van der Waals surface area contributed by atoms with E-state index >= 15 is 0 Å². The van der Waals surface area contributed by atoms with Crippen molar-refractivity contribution in [1.29, 1.82) is 0 Å². The van der Waals surface area contributed by atoms with Gasteiger partial charge in [-0.05, 0) is 103 Å². The molecule has 2 aliphatic heterocycles. The van der Waals surface area contributed by atoms with E-state index < -0.39 is 17.4 Å². The summed E-state index contributed by atoms with van der Waals surface area (Å²) in [4.78, 5) is 43.3. The third-order valence-electron chi connectivity index (χ3n) is 10.1. The Morgan fingerprint density at radius 2 is 1.78 bits per heavy atom. The number of carbonyl (C=O) groups excluding carboxylic acids is 2. The third kappa shape index (κ3) is 8.87. The average molecular weight is 765 g/mol. The molecule has 2 heterocycles. The van der Waals surface area contributed by atoms with Gasteiger partial charge >= 0.3 is 5.97 Å². The summed E-state index contributed by atoms with van der Waals surface area (Å²) < 4.78 is 34.9. The van der Waals surface area contributed by atoms with Crippen molar-refractivity contribution in [3.05, 3.63) is 105 Å². The lowest BCUT2D eigenvalue weighted by atomic mass is 9.82. The van der Waals surface area contributed by atoms with Crippen LogP contribution in [0.5, 0.6) is 5.75 Å². The van der Waals surface area contributed by atoms with Crippen LogP contribution < -0.4 is 10.1 Å². The molecule has 2 atom stereocenters. The van der Waals surface area contributed by atoms with E-state index in [1.165, 1.54) is 18.2 Å². The van der Waals surface area contributed by atoms with Crippen LogP contribution in [0.15, 0.2) is 76.8 Å². The van der Waals surface area contributed by atoms with Crippen LogP contribution in [0.3, 0.4) is 0 Å². The molecule has 51 heavy (non-hydrogen) atoms. The predicted molar refractivity (Wildman–Crippen MR) is 194 cm³/mol. The van der Waals surface area contributed by atoms with Crippen LogP contribution >= 0.6 is 15.9 Å². The van der Waals surface area contributed by atoms with Crippen LogP contribution in [0.1, 0.15) is 69.1 Å². The fourth-order valence-electron chi connectivity index (χ4n) is 6.89. The Labute approximate surface area is 306 Å². The van der Waals surface area contributed by atoms with Gasteiger partial charge < -0.3 is 25.0 Å². The molecule has 2 bridgehead atoms. The van der Waals surface area contributed by atoms with E-state index in [4.69, 9.17) is 4.74 Å². The van der Waals surface area contributed by atoms with Crippen LogP contribution in [0.2, 0.25) is 0 Å². The number of rotatable bonds is 14. The maximum atomic E-state index is 14.8. The van der Waals surface area contributed by atoms with Gasteiger partial charge in [0.05, 0.1) is 22.5 Å². The molecule has 270 valence electrons. The Kier molecular flexibility index (Phi) is 11.3. The zero-order valence-electron chi connectivity index (χ0n) is 29.0. The number of hydrogen-bond donors (Lipinski definition) is 2. The van der Waals surface area contributed by atoms with Gasteiger partial charge in [0.1, 0.15) is 17.4 Å². The van der Waals surface area contributed by atoms with Gasteiger partial charge in [0.25, 0.3) is 5.91 Å². The minimum atomic E-state index is -1.02. The number of aryl methyl sites for hydroxylation is 1. The Balaban J connectivity index is 1.23. The first kappa shape index (κ1) is 36.7. The first-order chi connectivity index (χ1) is 24.4. The Hall–Kier alpha value is -4.09. The number of piperazine rings is 1. The normalized spacial score (nSPS) is 18.8. The fraction of sp³-hybridized carbons (Fsp3) is 0.425. The molecule has 2 N–H and O–H groups in total. The summed E-state index contributed by atoms with van der Waals surface area (Å²) in [5.41, 5.74) is 2.99. The van der Waals surface area contributed by atoms with E-state index in [1.807, 2.05) is 12.1 Å². The molecule has 3 aromatic carbocycles. The number of carboxylic acids is 1. The van der Waals surface area contributed by atoms with Gasteiger partial charge in [0.2, 0.25) is 5.91 Å². The summed E-state index contributed by atoms with van der Waals surface area (Å²) in [6, 6.07) is 18.6. The standard InChI is InChI=1S/C40H44BrF2N3O5/c1-40(2,39(49)50)18-17-36(47)45-23-29-21-31(26-11-9-25(10-12-26)6-5-19-51-35-20-28(42)13-16-32(35)41)37(34(24-45)44-29)38(48)46(30-14-15-30)22-27-7-3-4-8-33(27)43/h3-4,7-13,16,20,29-30,34,44H,5-6,14-15,17-19,21-24H2,1-2H3,(H,49,50)/t29?,34-/m1/s1. The molecular formula is C40H44BrF2N3O5. The highest BCUT2D eigenvalue weighted by atomic mass is 79.9. The lowest BCUT2D eigenvalue weighted by molar-refractivity contribution is -0.148. The quantitative estimate of drug-likeness (QED) is 0.169. The smallest absolute Gasteiger partial charge is 0.309 e. The summed E-state index contributed by atoms with van der Waals surface area (Å²) in [7, 11) is 0. The molecule has 6 rings (SSSR count). The van der Waals surface area contributed by atoms with Gasteiger partial charge in [-0.3, -0.25) is 14.4 Å². The molecule has 1 saturated carbocycles. The molecule has 0 spiro atoms. The van der Waals surface area contributed by atoms with Gasteiger partial charge in [-0.2, -0.15) is 0 Å². The summed E-state index contributed by atoms with van der Waals surface area (Å²) in [6.07, 6.45) is 4.01. The molecular weight excluding hydrogens is 720 g/mol. The van der Waals surface area contributed by atoms with Crippen LogP contribution in [0.25, 0.3) is 5.57 Å². The fourth-order valence-corrected chi connectivity index (χ4v) is 7.25. The molecule has 3 aliphatic rings. The van der Waals surface area contributed by atoms with E-state index in [0.717, 1.165) is 42.4 Å². The molecule has 3 aromatic rings. The van der Waals surface area contributed by atoms with Gasteiger partial charge in [0.15, 0.2) is 0 Å². The second-order valence-electron chi connectivity index (χ2n) is 14.5. The number of amides is 2. The molecule has 8 nitrogen and oxygen atoms in total. The van der Waals surface area contributed by atoms with Crippen LogP contribution in [-0.4, -0.2) is 70.5 Å². The minimum Gasteiger partial charge on any atom is -0.492 e. The molecule has 0 radical (unpaired) electrons. The average Bonchev–Trinajstić information content (AvgIpc) is 3.95. The van der Waals surface area contributed by atoms with E-state index in [2.05, 4.69) is 33.4 Å². The van der Waals surface area contributed by atoms with E-state index in [-0.39, 0.29) is 61.5 Å². The van der Waals surface area contributed by atoms with Crippen molar-refractivity contribution in [2.75, 3.05) is 19.7 Å². The van der Waals surface area contributed by atoms with Gasteiger partial charge in [0, 0.05) is 55.3 Å². The van der Waals surface area contributed by atoms with Crippen molar-refractivity contribution < 1.29 is 33.0 Å². The molecule has 1 unspecified atom stereocenters. The molecule has 0 aromatic heterocycles. The number of fused-ring (bicyclic) bond motifs is 2. The van der Waals surface area contributed by atoms with Crippen LogP contribution in [-0.2, 0) is 27.3 Å². The van der Waals surface area contributed by atoms with Crippen LogP contribution in [0, 0.1) is 17.0 Å². The maximum Gasteiger partial charge on any atom is 0.309 e. The number of nitrogens with one attached hydrogen (secondary N) is 1. The molecule has 11 heteroatoms. The highest BCUT2D eigenvalue weighted by Crippen LogP contribution is 2.38. The zero-order chi connectivity index (χ0) is 36.3. The van der Waals surface area contributed by atoms with Crippen molar-refractivity contribution >= 4 is 39.3 Å². The number of carbonyl (C=O) groups is 3. The highest BCUT2D eigenvalue weighted by Gasteiger charge is 2.43. The summed E-state index contributed by atoms with van der Waals surface area (Å²) in [5, 5.41) is 13.2. The van der Waals surface area contributed by atoms with Gasteiger partial charge in [-0.25, -0.2) is 8.78 Å². The largest absolute Gasteiger partial charge is 0.492 e. The number of ether oxygens (including phenoxy) is 1. The number of halogens is 3. The first-order valence-corrected chi connectivity index (χ1v) is 18.4. The Morgan fingerprint density at radius 3 is 2.49 bits per heavy atom.